The number of sulfone groups is 2. The Morgan fingerprint density at radius 2 is 1.53 bits per heavy atom. The van der Waals surface area contributed by atoms with Gasteiger partial charge in [-0.3, -0.25) is 4.79 Å². The normalized spacial score (nSPS) is 14.0. The van der Waals surface area contributed by atoms with Gasteiger partial charge in [0.2, 0.25) is 0 Å². The lowest BCUT2D eigenvalue weighted by atomic mass is 10.3. The maximum atomic E-state index is 12.0. The van der Waals surface area contributed by atoms with Gasteiger partial charge in [-0.1, -0.05) is 0 Å². The van der Waals surface area contributed by atoms with Gasteiger partial charge in [-0.25, -0.2) is 16.8 Å². The van der Waals surface area contributed by atoms with E-state index in [9.17, 15) is 21.6 Å². The van der Waals surface area contributed by atoms with Gasteiger partial charge >= 0.3 is 5.97 Å². The molecule has 0 aliphatic carbocycles. The molecule has 0 spiro atoms. The Labute approximate surface area is 111 Å². The van der Waals surface area contributed by atoms with Gasteiger partial charge in [0.1, 0.15) is 0 Å². The fraction of sp³-hybridized carbons (Fsp3) is 0.364. The molecule has 0 aromatic heterocycles. The van der Waals surface area contributed by atoms with Crippen molar-refractivity contribution in [1.29, 1.82) is 0 Å². The molecule has 1 atom stereocenters. The molecular formula is C11H14O6S2. The summed E-state index contributed by atoms with van der Waals surface area (Å²) in [6.07, 6.45) is 0.514. The monoisotopic (exact) mass is 306 g/mol. The number of carboxylic acid groups (broad SMARTS) is 1. The van der Waals surface area contributed by atoms with Crippen LogP contribution >= 0.6 is 0 Å². The number of benzene rings is 1. The van der Waals surface area contributed by atoms with Crippen molar-refractivity contribution in [2.24, 2.45) is 0 Å². The molecule has 0 saturated carbocycles. The Kier molecular flexibility index (Phi) is 4.36. The third kappa shape index (κ3) is 3.77. The van der Waals surface area contributed by atoms with E-state index in [4.69, 9.17) is 5.11 Å². The first kappa shape index (κ1) is 15.6. The summed E-state index contributed by atoms with van der Waals surface area (Å²) in [6, 6.07) is 4.72. The molecule has 1 N–H and O–H groups in total. The zero-order valence-electron chi connectivity index (χ0n) is 10.4. The number of hydrogen-bond acceptors (Lipinski definition) is 5. The zero-order valence-corrected chi connectivity index (χ0v) is 12.0. The second-order valence-corrected chi connectivity index (χ2v) is 8.58. The third-order valence-corrected chi connectivity index (χ3v) is 5.86. The summed E-state index contributed by atoms with van der Waals surface area (Å²) in [5, 5.41) is 7.53. The van der Waals surface area contributed by atoms with Crippen molar-refractivity contribution in [3.8, 4) is 0 Å². The second-order valence-electron chi connectivity index (χ2n) is 4.20. The average molecular weight is 306 g/mol. The van der Waals surface area contributed by atoms with Crippen molar-refractivity contribution in [2.45, 2.75) is 28.4 Å². The summed E-state index contributed by atoms with van der Waals surface area (Å²) in [5.74, 6) is -1.20. The van der Waals surface area contributed by atoms with Crippen molar-refractivity contribution in [3.05, 3.63) is 24.3 Å². The first-order chi connectivity index (χ1) is 8.55. The molecule has 1 unspecified atom stereocenters. The standard InChI is InChI=1S/C11H14O6S2/c1-8(7-11(12)13)19(16,17)10-5-3-9(4-6-10)18(2,14)15/h3-6,8H,7H2,1-2H3,(H,12,13). The Bertz CT molecular complexity index is 670. The first-order valence-corrected chi connectivity index (χ1v) is 8.74. The van der Waals surface area contributed by atoms with Gasteiger partial charge < -0.3 is 5.11 Å². The molecule has 0 aliphatic rings. The van der Waals surface area contributed by atoms with E-state index in [1.807, 2.05) is 0 Å². The highest BCUT2D eigenvalue weighted by Crippen LogP contribution is 2.20. The molecule has 106 valence electrons. The van der Waals surface area contributed by atoms with Gasteiger partial charge in [0, 0.05) is 6.26 Å². The van der Waals surface area contributed by atoms with E-state index in [2.05, 4.69) is 0 Å². The highest BCUT2D eigenvalue weighted by atomic mass is 32.2. The van der Waals surface area contributed by atoms with Crippen LogP contribution in [-0.4, -0.2) is 39.4 Å². The van der Waals surface area contributed by atoms with Crippen molar-refractivity contribution in [2.75, 3.05) is 6.26 Å². The number of hydrogen-bond donors (Lipinski definition) is 1. The minimum atomic E-state index is -3.77. The third-order valence-electron chi connectivity index (χ3n) is 2.57. The van der Waals surface area contributed by atoms with Gasteiger partial charge in [0.05, 0.1) is 21.5 Å². The van der Waals surface area contributed by atoms with Crippen LogP contribution in [0, 0.1) is 0 Å². The van der Waals surface area contributed by atoms with Crippen LogP contribution in [0.4, 0.5) is 0 Å². The van der Waals surface area contributed by atoms with Gasteiger partial charge in [0.15, 0.2) is 19.7 Å². The molecule has 1 aromatic rings. The molecule has 19 heavy (non-hydrogen) atoms. The smallest absolute Gasteiger partial charge is 0.304 e. The van der Waals surface area contributed by atoms with Crippen LogP contribution in [0.2, 0.25) is 0 Å². The summed E-state index contributed by atoms with van der Waals surface area (Å²) in [4.78, 5) is 10.5. The molecule has 0 fully saturated rings. The fourth-order valence-corrected chi connectivity index (χ4v) is 3.44. The van der Waals surface area contributed by atoms with E-state index in [0.717, 1.165) is 6.26 Å². The highest BCUT2D eigenvalue weighted by molar-refractivity contribution is 7.92. The van der Waals surface area contributed by atoms with E-state index in [1.165, 1.54) is 31.2 Å². The van der Waals surface area contributed by atoms with Crippen molar-refractivity contribution >= 4 is 25.6 Å². The molecule has 0 amide bonds. The quantitative estimate of drug-likeness (QED) is 0.859. The number of carbonyl (C=O) groups is 1. The van der Waals surface area contributed by atoms with Crippen LogP contribution in [0.25, 0.3) is 0 Å². The second kappa shape index (κ2) is 5.30. The summed E-state index contributed by atoms with van der Waals surface area (Å²) in [7, 11) is -7.17. The van der Waals surface area contributed by atoms with Crippen LogP contribution in [0.1, 0.15) is 13.3 Å². The van der Waals surface area contributed by atoms with Crippen LogP contribution < -0.4 is 0 Å². The largest absolute Gasteiger partial charge is 0.481 e. The predicted molar refractivity (Wildman–Crippen MR) is 68.5 cm³/mol. The summed E-state index contributed by atoms with van der Waals surface area (Å²) in [5.41, 5.74) is 0. The van der Waals surface area contributed by atoms with Crippen molar-refractivity contribution < 1.29 is 26.7 Å². The fourth-order valence-electron chi connectivity index (χ4n) is 1.46. The maximum absolute atomic E-state index is 12.0. The van der Waals surface area contributed by atoms with Gasteiger partial charge in [-0.05, 0) is 31.2 Å². The molecule has 1 aromatic carbocycles. The van der Waals surface area contributed by atoms with Crippen LogP contribution in [-0.2, 0) is 24.5 Å². The number of aliphatic carboxylic acids is 1. The lowest BCUT2D eigenvalue weighted by Crippen LogP contribution is -2.21. The van der Waals surface area contributed by atoms with E-state index in [-0.39, 0.29) is 9.79 Å². The molecular weight excluding hydrogens is 292 g/mol. The number of carboxylic acids is 1. The van der Waals surface area contributed by atoms with E-state index in [0.29, 0.717) is 0 Å². The van der Waals surface area contributed by atoms with E-state index >= 15 is 0 Å². The van der Waals surface area contributed by atoms with Crippen molar-refractivity contribution in [1.82, 2.24) is 0 Å². The first-order valence-electron chi connectivity index (χ1n) is 5.31. The Hall–Kier alpha value is -1.41. The highest BCUT2D eigenvalue weighted by Gasteiger charge is 2.25. The molecule has 6 nitrogen and oxygen atoms in total. The molecule has 0 saturated heterocycles. The summed E-state index contributed by atoms with van der Waals surface area (Å²) >= 11 is 0. The predicted octanol–water partition coefficient (Wildman–Crippen LogP) is 0.727. The zero-order chi connectivity index (χ0) is 14.8. The van der Waals surface area contributed by atoms with Gasteiger partial charge in [-0.15, -0.1) is 0 Å². The summed E-state index contributed by atoms with van der Waals surface area (Å²) < 4.78 is 46.5. The molecule has 0 heterocycles. The minimum Gasteiger partial charge on any atom is -0.481 e. The van der Waals surface area contributed by atoms with Gasteiger partial charge in [0.25, 0.3) is 0 Å². The topological polar surface area (TPSA) is 106 Å². The lowest BCUT2D eigenvalue weighted by molar-refractivity contribution is -0.136. The molecule has 1 rings (SSSR count). The SMILES string of the molecule is CC(CC(=O)O)S(=O)(=O)c1ccc(S(C)(=O)=O)cc1. The van der Waals surface area contributed by atoms with E-state index < -0.39 is 37.3 Å². The minimum absolute atomic E-state index is 0.0114. The summed E-state index contributed by atoms with van der Waals surface area (Å²) in [6.45, 7) is 1.30. The maximum Gasteiger partial charge on any atom is 0.304 e. The van der Waals surface area contributed by atoms with Gasteiger partial charge in [-0.2, -0.15) is 0 Å². The number of rotatable bonds is 5. The Balaban J connectivity index is 3.14. The van der Waals surface area contributed by atoms with Crippen LogP contribution in [0.15, 0.2) is 34.1 Å². The molecule has 0 aliphatic heterocycles. The Morgan fingerprint density at radius 1 is 1.11 bits per heavy atom. The molecule has 0 radical (unpaired) electrons. The average Bonchev–Trinajstić information content (AvgIpc) is 2.27. The van der Waals surface area contributed by atoms with Crippen LogP contribution in [0.5, 0.6) is 0 Å². The molecule has 8 heteroatoms. The Morgan fingerprint density at radius 3 is 1.89 bits per heavy atom. The lowest BCUT2D eigenvalue weighted by Gasteiger charge is -2.11. The molecule has 0 bridgehead atoms. The van der Waals surface area contributed by atoms with Crippen LogP contribution in [0.3, 0.4) is 0 Å². The van der Waals surface area contributed by atoms with E-state index in [1.54, 1.807) is 0 Å². The van der Waals surface area contributed by atoms with Crippen molar-refractivity contribution in [3.63, 3.8) is 0 Å².